The summed E-state index contributed by atoms with van der Waals surface area (Å²) in [6.45, 7) is 18.4. The average molecular weight is 981 g/mol. The van der Waals surface area contributed by atoms with Gasteiger partial charge >= 0.3 is 0 Å². The molecule has 354 valence electrons. The first kappa shape index (κ1) is 49.8. The molecule has 1 heterocycles. The van der Waals surface area contributed by atoms with Crippen molar-refractivity contribution in [1.82, 2.24) is 4.98 Å². The Morgan fingerprint density at radius 2 is 0.836 bits per heavy atom. The quantitative estimate of drug-likeness (QED) is 0.152. The second-order valence-corrected chi connectivity index (χ2v) is 24.8. The van der Waals surface area contributed by atoms with E-state index in [-0.39, 0.29) is 109 Å². The summed E-state index contributed by atoms with van der Waals surface area (Å²) in [5.41, 5.74) is 9.61. The molecule has 4 aromatic carbocycles. The topological polar surface area (TPSA) is 53.4 Å². The summed E-state index contributed by atoms with van der Waals surface area (Å²) in [6, 6.07) is 24.9. The van der Waals surface area contributed by atoms with Crippen LogP contribution in [-0.4, -0.2) is 15.2 Å². The average Bonchev–Trinajstić information content (AvgIpc) is 3.19. The summed E-state index contributed by atoms with van der Waals surface area (Å²) in [7, 11) is 0. The maximum Gasteiger partial charge on any atom is 0.127 e. The zero-order valence-corrected chi connectivity index (χ0v) is 44.4. The maximum atomic E-state index is 16.3. The van der Waals surface area contributed by atoms with Crippen LogP contribution in [0.3, 0.4) is 0 Å². The summed E-state index contributed by atoms with van der Waals surface area (Å²) in [5.74, 6) is 1.36. The maximum absolute atomic E-state index is 16.3. The third kappa shape index (κ3) is 8.21. The van der Waals surface area contributed by atoms with Crippen LogP contribution in [0.4, 0.5) is 8.78 Å². The Labute approximate surface area is 420 Å². The van der Waals surface area contributed by atoms with Crippen molar-refractivity contribution < 1.29 is 45.2 Å². The first-order valence-electron chi connectivity index (χ1n) is 24.5. The Kier molecular flexibility index (Phi) is 12.5. The van der Waals surface area contributed by atoms with Gasteiger partial charge in [-0.3, -0.25) is 0 Å². The Morgan fingerprint density at radius 3 is 1.16 bits per heavy atom. The fourth-order valence-corrected chi connectivity index (χ4v) is 17.4. The second kappa shape index (κ2) is 16.8. The van der Waals surface area contributed by atoms with Crippen molar-refractivity contribution in [2.75, 3.05) is 0 Å². The minimum atomic E-state index is -0.324. The van der Waals surface area contributed by atoms with Crippen LogP contribution in [0.2, 0.25) is 0 Å². The molecule has 0 aliphatic heterocycles. The predicted octanol–water partition coefficient (Wildman–Crippen LogP) is 17.1. The number of phenols is 2. The molecule has 67 heavy (non-hydrogen) atoms. The van der Waals surface area contributed by atoms with Crippen LogP contribution in [0.25, 0.3) is 44.8 Å². The number of pyridine rings is 1. The van der Waals surface area contributed by atoms with Crippen molar-refractivity contribution >= 4 is 0 Å². The largest absolute Gasteiger partial charge is 0.507 e. The van der Waals surface area contributed by atoms with Crippen LogP contribution in [-0.2, 0) is 37.0 Å². The zero-order chi connectivity index (χ0) is 44.9. The van der Waals surface area contributed by atoms with E-state index in [4.69, 9.17) is 4.98 Å². The molecule has 4 atom stereocenters. The van der Waals surface area contributed by atoms with Gasteiger partial charge in [0.25, 0.3) is 0 Å². The molecule has 0 spiro atoms. The van der Waals surface area contributed by atoms with E-state index in [2.05, 4.69) is 79.7 Å². The fourth-order valence-electron chi connectivity index (χ4n) is 17.4. The van der Waals surface area contributed by atoms with Gasteiger partial charge in [-0.1, -0.05) is 85.7 Å². The number of benzene rings is 4. The van der Waals surface area contributed by atoms with Crippen molar-refractivity contribution in [3.8, 4) is 56.3 Å². The van der Waals surface area contributed by atoms with Crippen LogP contribution < -0.4 is 0 Å². The molecule has 8 aliphatic rings. The van der Waals surface area contributed by atoms with Crippen LogP contribution in [0, 0.1) is 60.0 Å². The van der Waals surface area contributed by atoms with E-state index in [9.17, 15) is 10.2 Å². The van der Waals surface area contributed by atoms with E-state index >= 15 is 8.78 Å². The molecule has 0 amide bonds. The molecule has 1 aromatic heterocycles. The van der Waals surface area contributed by atoms with Gasteiger partial charge in [0, 0.05) is 70.4 Å². The summed E-state index contributed by atoms with van der Waals surface area (Å²) in [4.78, 5) is 5.43. The number of hydrogen-bond donors (Lipinski definition) is 2. The number of phenolic OH excluding ortho intramolecular Hbond substituents is 2. The van der Waals surface area contributed by atoms with Gasteiger partial charge in [0.2, 0.25) is 0 Å². The van der Waals surface area contributed by atoms with Gasteiger partial charge in [0.05, 0.1) is 11.4 Å². The van der Waals surface area contributed by atoms with Crippen molar-refractivity contribution in [2.45, 2.75) is 155 Å². The summed E-state index contributed by atoms with van der Waals surface area (Å²) >= 11 is 0. The monoisotopic (exact) mass is 979 g/mol. The molecule has 8 bridgehead atoms. The minimum Gasteiger partial charge on any atom is -0.507 e. The third-order valence-corrected chi connectivity index (χ3v) is 17.8. The Balaban J connectivity index is 0.00000203. The third-order valence-electron chi connectivity index (χ3n) is 17.8. The Morgan fingerprint density at radius 1 is 0.478 bits per heavy atom. The second-order valence-electron chi connectivity index (χ2n) is 24.8. The van der Waals surface area contributed by atoms with E-state index < -0.39 is 0 Å². The van der Waals surface area contributed by atoms with Gasteiger partial charge in [-0.2, -0.15) is 0 Å². The molecule has 6 heteroatoms. The minimum absolute atomic E-state index is 0. The SMILES string of the molecule is CC(C)c1ccc(-c2cc(F)cc(C34CC5CC(C)(CC(C)(C5)C3)C4)c2O)c(-c2cccc(-c3cc(C(C)C)ccc3-c3cc(F)cc(C45CC6CC(C)(CC(C)(C6)C4)C5)c3O)n2)c1.[CH3-].[CH3-].[Zr]. The van der Waals surface area contributed by atoms with Crippen LogP contribution in [0.15, 0.2) is 78.9 Å². The number of aromatic nitrogens is 1. The molecule has 8 saturated carbocycles. The number of hydrogen-bond acceptors (Lipinski definition) is 3. The van der Waals surface area contributed by atoms with Gasteiger partial charge in [0.15, 0.2) is 0 Å². The predicted molar refractivity (Wildman–Crippen MR) is 268 cm³/mol. The molecule has 2 N–H and O–H groups in total. The normalized spacial score (nSPS) is 32.0. The Bertz CT molecular complexity index is 2540. The van der Waals surface area contributed by atoms with E-state index in [0.717, 1.165) is 83.0 Å². The van der Waals surface area contributed by atoms with Gasteiger partial charge in [-0.15, -0.1) is 0 Å². The number of aromatic hydroxyl groups is 2. The van der Waals surface area contributed by atoms with Crippen LogP contribution >= 0.6 is 0 Å². The molecule has 0 saturated heterocycles. The number of nitrogens with zero attached hydrogens (tertiary/aromatic N) is 1. The zero-order valence-electron chi connectivity index (χ0n) is 41.9. The molecule has 3 nitrogen and oxygen atoms in total. The smallest absolute Gasteiger partial charge is 0.127 e. The molecule has 13 rings (SSSR count). The number of rotatable bonds is 8. The molecule has 0 radical (unpaired) electrons. The number of halogens is 2. The van der Waals surface area contributed by atoms with Gasteiger partial charge < -0.3 is 25.1 Å². The van der Waals surface area contributed by atoms with Crippen molar-refractivity contribution in [2.24, 2.45) is 33.5 Å². The van der Waals surface area contributed by atoms with Gasteiger partial charge in [-0.25, -0.2) is 13.8 Å². The first-order chi connectivity index (χ1) is 30.2. The van der Waals surface area contributed by atoms with E-state index in [1.165, 1.54) is 50.7 Å². The van der Waals surface area contributed by atoms with Crippen molar-refractivity contribution in [3.05, 3.63) is 128 Å². The summed E-state index contributed by atoms with van der Waals surface area (Å²) < 4.78 is 32.5. The standard InChI is InChI=1S/C59H67F2NO2.2CH3.Zr/c1-34(2)38-12-14-42(46-18-40(60)20-48(52(46)63)58-26-36-22-54(5,30-58)28-55(6,23-36)31-58)44(16-38)50-10-9-11-51(62-50)45-17-39(35(3)4)13-15-43(45)47-19-41(61)21-49(53(47)64)59-27-37-24-56(7,32-59)29-57(8,25-37)33-59;;;/h9-21,34-37,63-64H,22-33H2,1-8H3;2*1H3;/q;2*-1;. The van der Waals surface area contributed by atoms with Crippen molar-refractivity contribution in [1.29, 1.82) is 0 Å². The van der Waals surface area contributed by atoms with Crippen LogP contribution in [0.5, 0.6) is 11.5 Å². The Hall–Kier alpha value is -3.63. The van der Waals surface area contributed by atoms with E-state index in [1.54, 1.807) is 12.1 Å². The van der Waals surface area contributed by atoms with Gasteiger partial charge in [0.1, 0.15) is 23.1 Å². The molecule has 8 aliphatic carbocycles. The summed E-state index contributed by atoms with van der Waals surface area (Å²) in [5, 5.41) is 25.1. The van der Waals surface area contributed by atoms with Gasteiger partial charge in [-0.05, 0) is 193 Å². The molecule has 4 unspecified atom stereocenters. The summed E-state index contributed by atoms with van der Waals surface area (Å²) in [6.07, 6.45) is 13.2. The van der Waals surface area contributed by atoms with E-state index in [0.29, 0.717) is 34.4 Å². The first-order valence-corrected chi connectivity index (χ1v) is 24.5. The molecule has 5 aromatic rings. The van der Waals surface area contributed by atoms with Crippen molar-refractivity contribution in [3.63, 3.8) is 0 Å². The molecular weight excluding hydrogens is 908 g/mol. The van der Waals surface area contributed by atoms with Crippen LogP contribution in [0.1, 0.15) is 167 Å². The molecular formula is C61H73F2NO2Zr-2. The van der Waals surface area contributed by atoms with E-state index in [1.807, 2.05) is 30.3 Å². The fraction of sp³-hybridized carbons (Fsp3) is 0.492. The molecule has 8 fully saturated rings.